The SMILES string of the molecule is CCCC(OCC)c1ccc(S(=O)(=O)Cl)cc1. The van der Waals surface area contributed by atoms with Gasteiger partial charge in [0.2, 0.25) is 0 Å². The molecule has 0 heterocycles. The lowest BCUT2D eigenvalue weighted by Gasteiger charge is -2.16. The van der Waals surface area contributed by atoms with Gasteiger partial charge in [0.1, 0.15) is 0 Å². The summed E-state index contributed by atoms with van der Waals surface area (Å²) in [6, 6.07) is 6.54. The molecule has 0 aliphatic rings. The third kappa shape index (κ3) is 4.30. The summed E-state index contributed by atoms with van der Waals surface area (Å²) < 4.78 is 27.8. The summed E-state index contributed by atoms with van der Waals surface area (Å²) >= 11 is 0. The van der Waals surface area contributed by atoms with Gasteiger partial charge in [0, 0.05) is 17.3 Å². The van der Waals surface area contributed by atoms with E-state index in [1.165, 1.54) is 12.1 Å². The molecule has 0 aliphatic heterocycles. The van der Waals surface area contributed by atoms with Crippen LogP contribution in [0.3, 0.4) is 0 Å². The number of rotatable bonds is 6. The van der Waals surface area contributed by atoms with Crippen molar-refractivity contribution in [3.05, 3.63) is 29.8 Å². The van der Waals surface area contributed by atoms with Gasteiger partial charge in [0.05, 0.1) is 11.0 Å². The Morgan fingerprint density at radius 1 is 1.24 bits per heavy atom. The predicted octanol–water partition coefficient (Wildman–Crippen LogP) is 3.49. The van der Waals surface area contributed by atoms with Crippen molar-refractivity contribution in [2.75, 3.05) is 6.61 Å². The van der Waals surface area contributed by atoms with Gasteiger partial charge in [-0.25, -0.2) is 8.42 Å². The topological polar surface area (TPSA) is 43.4 Å². The van der Waals surface area contributed by atoms with Crippen molar-refractivity contribution in [2.24, 2.45) is 0 Å². The molecule has 17 heavy (non-hydrogen) atoms. The van der Waals surface area contributed by atoms with E-state index < -0.39 is 9.05 Å². The zero-order valence-corrected chi connectivity index (χ0v) is 11.6. The molecule has 0 bridgehead atoms. The summed E-state index contributed by atoms with van der Waals surface area (Å²) in [4.78, 5) is 0.120. The normalized spacial score (nSPS) is 13.6. The highest BCUT2D eigenvalue weighted by Gasteiger charge is 2.13. The first-order chi connectivity index (χ1) is 7.99. The molecule has 1 unspecified atom stereocenters. The van der Waals surface area contributed by atoms with Gasteiger partial charge < -0.3 is 4.74 Å². The van der Waals surface area contributed by atoms with E-state index in [2.05, 4.69) is 6.92 Å². The highest BCUT2D eigenvalue weighted by Crippen LogP contribution is 2.24. The number of ether oxygens (including phenoxy) is 1. The van der Waals surface area contributed by atoms with Crippen molar-refractivity contribution in [2.45, 2.75) is 37.7 Å². The fraction of sp³-hybridized carbons (Fsp3) is 0.500. The molecule has 1 atom stereocenters. The van der Waals surface area contributed by atoms with Crippen LogP contribution in [-0.2, 0) is 13.8 Å². The van der Waals surface area contributed by atoms with Gasteiger partial charge in [0.25, 0.3) is 9.05 Å². The van der Waals surface area contributed by atoms with Crippen LogP contribution in [0.25, 0.3) is 0 Å². The zero-order chi connectivity index (χ0) is 12.9. The van der Waals surface area contributed by atoms with Crippen molar-refractivity contribution >= 4 is 19.7 Å². The molecule has 0 radical (unpaired) electrons. The molecule has 0 saturated heterocycles. The Balaban J connectivity index is 2.91. The summed E-state index contributed by atoms with van der Waals surface area (Å²) in [7, 11) is 1.62. The minimum absolute atomic E-state index is 0.0251. The molecule has 0 N–H and O–H groups in total. The van der Waals surface area contributed by atoms with E-state index in [9.17, 15) is 8.42 Å². The molecule has 1 aromatic carbocycles. The lowest BCUT2D eigenvalue weighted by molar-refractivity contribution is 0.0556. The Labute approximate surface area is 107 Å². The summed E-state index contributed by atoms with van der Waals surface area (Å²) in [5, 5.41) is 0. The Kier molecular flexibility index (Phi) is 5.43. The van der Waals surface area contributed by atoms with Crippen LogP contribution >= 0.6 is 10.7 Å². The van der Waals surface area contributed by atoms with Gasteiger partial charge in [-0.15, -0.1) is 0 Å². The summed E-state index contributed by atoms with van der Waals surface area (Å²) in [5.41, 5.74) is 0.984. The third-order valence-corrected chi connectivity index (χ3v) is 3.82. The van der Waals surface area contributed by atoms with Crippen LogP contribution in [0.2, 0.25) is 0 Å². The molecular formula is C12H17ClO3S. The third-order valence-electron chi connectivity index (χ3n) is 2.45. The van der Waals surface area contributed by atoms with E-state index in [1.807, 2.05) is 6.92 Å². The minimum Gasteiger partial charge on any atom is -0.374 e. The highest BCUT2D eigenvalue weighted by molar-refractivity contribution is 8.13. The smallest absolute Gasteiger partial charge is 0.261 e. The van der Waals surface area contributed by atoms with Gasteiger partial charge in [-0.3, -0.25) is 0 Å². The highest BCUT2D eigenvalue weighted by atomic mass is 35.7. The van der Waals surface area contributed by atoms with Gasteiger partial charge in [-0.1, -0.05) is 25.5 Å². The van der Waals surface area contributed by atoms with Gasteiger partial charge in [-0.2, -0.15) is 0 Å². The molecule has 1 aromatic rings. The van der Waals surface area contributed by atoms with Crippen LogP contribution < -0.4 is 0 Å². The maximum Gasteiger partial charge on any atom is 0.261 e. The molecule has 1 rings (SSSR count). The number of hydrogen-bond acceptors (Lipinski definition) is 3. The lowest BCUT2D eigenvalue weighted by Crippen LogP contribution is -2.04. The molecule has 0 saturated carbocycles. The van der Waals surface area contributed by atoms with Crippen molar-refractivity contribution in [3.63, 3.8) is 0 Å². The van der Waals surface area contributed by atoms with Crippen LogP contribution in [0.4, 0.5) is 0 Å². The molecule has 0 aromatic heterocycles. The van der Waals surface area contributed by atoms with Gasteiger partial charge in [0.15, 0.2) is 0 Å². The second-order valence-corrected chi connectivity index (χ2v) is 6.31. The van der Waals surface area contributed by atoms with Crippen LogP contribution in [0, 0.1) is 0 Å². The number of benzene rings is 1. The van der Waals surface area contributed by atoms with Gasteiger partial charge >= 0.3 is 0 Å². The Bertz CT molecular complexity index is 433. The molecule has 3 nitrogen and oxygen atoms in total. The molecule has 0 amide bonds. The average Bonchev–Trinajstić information content (AvgIpc) is 2.28. The number of hydrogen-bond donors (Lipinski definition) is 0. The Hall–Kier alpha value is -0.580. The first-order valence-electron chi connectivity index (χ1n) is 5.65. The molecule has 0 fully saturated rings. The zero-order valence-electron chi connectivity index (χ0n) is 10.0. The summed E-state index contributed by atoms with van der Waals surface area (Å²) in [6.45, 7) is 4.67. The second-order valence-electron chi connectivity index (χ2n) is 3.74. The maximum atomic E-state index is 11.1. The Morgan fingerprint density at radius 3 is 2.24 bits per heavy atom. The van der Waals surface area contributed by atoms with Crippen LogP contribution in [0.15, 0.2) is 29.2 Å². The molecule has 5 heteroatoms. The van der Waals surface area contributed by atoms with Crippen molar-refractivity contribution in [1.82, 2.24) is 0 Å². The van der Waals surface area contributed by atoms with E-state index in [-0.39, 0.29) is 11.0 Å². The van der Waals surface area contributed by atoms with E-state index in [0.29, 0.717) is 6.61 Å². The maximum absolute atomic E-state index is 11.1. The quantitative estimate of drug-likeness (QED) is 0.747. The standard InChI is InChI=1S/C12H17ClO3S/c1-3-5-12(16-4-2)10-6-8-11(9-7-10)17(13,14)15/h6-9,12H,3-5H2,1-2H3. The van der Waals surface area contributed by atoms with E-state index in [4.69, 9.17) is 15.4 Å². The van der Waals surface area contributed by atoms with Gasteiger partial charge in [-0.05, 0) is 31.0 Å². The lowest BCUT2D eigenvalue weighted by atomic mass is 10.1. The predicted molar refractivity (Wildman–Crippen MR) is 68.8 cm³/mol. The molecule has 96 valence electrons. The van der Waals surface area contributed by atoms with Crippen LogP contribution in [0.1, 0.15) is 38.4 Å². The average molecular weight is 277 g/mol. The van der Waals surface area contributed by atoms with Crippen molar-refractivity contribution < 1.29 is 13.2 Å². The van der Waals surface area contributed by atoms with Crippen LogP contribution in [0.5, 0.6) is 0 Å². The summed E-state index contributed by atoms with van der Waals surface area (Å²) in [6.07, 6.45) is 1.96. The fourth-order valence-corrected chi connectivity index (χ4v) is 2.42. The van der Waals surface area contributed by atoms with Crippen LogP contribution in [-0.4, -0.2) is 15.0 Å². The Morgan fingerprint density at radius 2 is 1.82 bits per heavy atom. The second kappa shape index (κ2) is 6.38. The fourth-order valence-electron chi connectivity index (χ4n) is 1.65. The largest absolute Gasteiger partial charge is 0.374 e. The number of halogens is 1. The molecule has 0 aliphatic carbocycles. The minimum atomic E-state index is -3.64. The molecule has 0 spiro atoms. The van der Waals surface area contributed by atoms with Crippen molar-refractivity contribution in [3.8, 4) is 0 Å². The molecular weight excluding hydrogens is 260 g/mol. The first kappa shape index (κ1) is 14.5. The first-order valence-corrected chi connectivity index (χ1v) is 7.96. The monoisotopic (exact) mass is 276 g/mol. The van der Waals surface area contributed by atoms with E-state index >= 15 is 0 Å². The van der Waals surface area contributed by atoms with Crippen molar-refractivity contribution in [1.29, 1.82) is 0 Å². The van der Waals surface area contributed by atoms with E-state index in [0.717, 1.165) is 18.4 Å². The summed E-state index contributed by atoms with van der Waals surface area (Å²) in [5.74, 6) is 0. The van der Waals surface area contributed by atoms with E-state index in [1.54, 1.807) is 12.1 Å².